The molecular formula is C19H23N5O3. The summed E-state index contributed by atoms with van der Waals surface area (Å²) in [5.74, 6) is 0.328. The Labute approximate surface area is 156 Å². The minimum atomic E-state index is -0.393. The van der Waals surface area contributed by atoms with E-state index in [4.69, 9.17) is 0 Å². The number of aromatic nitrogens is 3. The first-order valence-corrected chi connectivity index (χ1v) is 9.68. The molecule has 3 aliphatic heterocycles. The lowest BCUT2D eigenvalue weighted by Gasteiger charge is -2.36. The number of piperidine rings is 1. The lowest BCUT2D eigenvalue weighted by molar-refractivity contribution is -0.140. The maximum absolute atomic E-state index is 13.1. The van der Waals surface area contributed by atoms with E-state index >= 15 is 0 Å². The molecule has 0 aromatic carbocycles. The van der Waals surface area contributed by atoms with Crippen molar-refractivity contribution < 1.29 is 9.59 Å². The number of hydrogen-bond donors (Lipinski definition) is 1. The second-order valence-electron chi connectivity index (χ2n) is 8.18. The van der Waals surface area contributed by atoms with Gasteiger partial charge in [-0.25, -0.2) is 9.50 Å². The Morgan fingerprint density at radius 2 is 2.04 bits per heavy atom. The molecule has 2 aromatic rings. The number of nitrogens with one attached hydrogen (secondary N) is 1. The van der Waals surface area contributed by atoms with Crippen molar-refractivity contribution in [3.8, 4) is 0 Å². The first-order chi connectivity index (χ1) is 13.0. The minimum Gasteiger partial charge on any atom is -0.337 e. The molecule has 2 amide bonds. The van der Waals surface area contributed by atoms with E-state index in [9.17, 15) is 14.4 Å². The molecule has 3 saturated heterocycles. The van der Waals surface area contributed by atoms with Gasteiger partial charge in [-0.05, 0) is 38.5 Å². The van der Waals surface area contributed by atoms with E-state index < -0.39 is 5.56 Å². The third-order valence-corrected chi connectivity index (χ3v) is 6.09. The normalized spacial score (nSPS) is 25.3. The molecular weight excluding hydrogens is 346 g/mol. The van der Waals surface area contributed by atoms with Gasteiger partial charge in [0.2, 0.25) is 5.91 Å². The molecule has 4 aliphatic rings. The first kappa shape index (κ1) is 16.5. The summed E-state index contributed by atoms with van der Waals surface area (Å²) >= 11 is 0. The Morgan fingerprint density at radius 1 is 1.22 bits per heavy atom. The highest BCUT2D eigenvalue weighted by molar-refractivity contribution is 5.94. The Morgan fingerprint density at radius 3 is 2.81 bits per heavy atom. The fourth-order valence-electron chi connectivity index (χ4n) is 4.42. The number of nitrogens with zero attached hydrogens (tertiary/aromatic N) is 4. The molecule has 2 bridgehead atoms. The van der Waals surface area contributed by atoms with Crippen molar-refractivity contribution in [1.82, 2.24) is 24.4 Å². The van der Waals surface area contributed by atoms with Crippen molar-refractivity contribution in [2.75, 3.05) is 19.6 Å². The quantitative estimate of drug-likeness (QED) is 0.867. The zero-order valence-electron chi connectivity index (χ0n) is 15.4. The van der Waals surface area contributed by atoms with E-state index in [-0.39, 0.29) is 29.3 Å². The van der Waals surface area contributed by atoms with Crippen LogP contribution in [0.15, 0.2) is 17.1 Å². The van der Waals surface area contributed by atoms with Crippen LogP contribution in [-0.2, 0) is 4.79 Å². The van der Waals surface area contributed by atoms with Crippen LogP contribution in [0.1, 0.15) is 41.7 Å². The summed E-state index contributed by atoms with van der Waals surface area (Å²) in [7, 11) is 0. The number of aromatic amines is 1. The minimum absolute atomic E-state index is 0.0526. The molecule has 1 N–H and O–H groups in total. The molecule has 27 heavy (non-hydrogen) atoms. The van der Waals surface area contributed by atoms with Crippen molar-refractivity contribution in [2.45, 2.75) is 38.6 Å². The molecule has 5 heterocycles. The number of fused-ring (bicyclic) bond motifs is 5. The second-order valence-corrected chi connectivity index (χ2v) is 8.18. The average Bonchev–Trinajstić information content (AvgIpc) is 3.43. The number of rotatable bonds is 3. The number of aryl methyl sites for hydroxylation is 1. The summed E-state index contributed by atoms with van der Waals surface area (Å²) in [5.41, 5.74) is 0.960. The van der Waals surface area contributed by atoms with E-state index in [2.05, 4.69) is 10.1 Å². The second kappa shape index (κ2) is 5.94. The van der Waals surface area contributed by atoms with Crippen molar-refractivity contribution in [2.24, 2.45) is 11.8 Å². The van der Waals surface area contributed by atoms with Crippen LogP contribution in [-0.4, -0.2) is 61.9 Å². The highest BCUT2D eigenvalue weighted by atomic mass is 16.2. The third-order valence-electron chi connectivity index (χ3n) is 6.09. The predicted octanol–water partition coefficient (Wildman–Crippen LogP) is 0.804. The van der Waals surface area contributed by atoms with Crippen LogP contribution in [0.25, 0.3) is 5.65 Å². The molecule has 8 nitrogen and oxygen atoms in total. The van der Waals surface area contributed by atoms with Crippen LogP contribution >= 0.6 is 0 Å². The smallest absolute Gasteiger partial charge is 0.285 e. The lowest BCUT2D eigenvalue weighted by Crippen LogP contribution is -2.49. The van der Waals surface area contributed by atoms with Gasteiger partial charge in [-0.1, -0.05) is 0 Å². The fraction of sp³-hybridized carbons (Fsp3) is 0.579. The van der Waals surface area contributed by atoms with E-state index in [1.807, 2.05) is 11.8 Å². The number of carbonyl (C=O) groups excluding carboxylic acids is 2. The summed E-state index contributed by atoms with van der Waals surface area (Å²) in [4.78, 5) is 46.6. The molecule has 2 atom stereocenters. The van der Waals surface area contributed by atoms with Gasteiger partial charge in [-0.15, -0.1) is 0 Å². The molecule has 0 spiro atoms. The van der Waals surface area contributed by atoms with Crippen molar-refractivity contribution in [1.29, 1.82) is 0 Å². The Hall–Kier alpha value is -2.64. The third kappa shape index (κ3) is 2.74. The van der Waals surface area contributed by atoms with E-state index in [0.717, 1.165) is 25.1 Å². The molecule has 8 heteroatoms. The van der Waals surface area contributed by atoms with E-state index in [1.54, 1.807) is 11.0 Å². The fourth-order valence-corrected chi connectivity index (χ4v) is 4.42. The zero-order chi connectivity index (χ0) is 18.7. The van der Waals surface area contributed by atoms with Gasteiger partial charge >= 0.3 is 0 Å². The Kier molecular flexibility index (Phi) is 3.63. The molecule has 0 radical (unpaired) electrons. The lowest BCUT2D eigenvalue weighted by atomic mass is 9.94. The molecule has 142 valence electrons. The molecule has 1 aliphatic carbocycles. The Bertz CT molecular complexity index is 989. The van der Waals surface area contributed by atoms with Crippen molar-refractivity contribution >= 4 is 17.5 Å². The molecule has 1 saturated carbocycles. The van der Waals surface area contributed by atoms with Gasteiger partial charge in [0.25, 0.3) is 11.5 Å². The maximum atomic E-state index is 13.1. The molecule has 6 rings (SSSR count). The van der Waals surface area contributed by atoms with Gasteiger partial charge in [0.15, 0.2) is 5.65 Å². The SMILES string of the molecule is Cc1cc2ncc(C(=O)N3C[C@@H]4CC[C@H](C3)N(CC3CC3)C4=O)c(=O)n2[nH]1. The van der Waals surface area contributed by atoms with Gasteiger partial charge in [0.05, 0.1) is 5.92 Å². The van der Waals surface area contributed by atoms with Crippen LogP contribution in [0.3, 0.4) is 0 Å². The topological polar surface area (TPSA) is 90.8 Å². The van der Waals surface area contributed by atoms with Crippen molar-refractivity contribution in [3.63, 3.8) is 0 Å². The largest absolute Gasteiger partial charge is 0.337 e. The summed E-state index contributed by atoms with van der Waals surface area (Å²) in [6.45, 7) is 3.54. The van der Waals surface area contributed by atoms with Gasteiger partial charge in [-0.3, -0.25) is 19.5 Å². The molecule has 0 unspecified atom stereocenters. The molecule has 4 fully saturated rings. The summed E-state index contributed by atoms with van der Waals surface area (Å²) in [6, 6.07) is 1.82. The number of H-pyrrole nitrogens is 1. The highest BCUT2D eigenvalue weighted by Gasteiger charge is 2.43. The summed E-state index contributed by atoms with van der Waals surface area (Å²) < 4.78 is 1.31. The maximum Gasteiger partial charge on any atom is 0.285 e. The summed E-state index contributed by atoms with van der Waals surface area (Å²) in [5, 5.41) is 2.92. The summed E-state index contributed by atoms with van der Waals surface area (Å²) in [6.07, 6.45) is 5.51. The Balaban J connectivity index is 1.45. The standard InChI is InChI=1S/C19H23N5O3/c1-11-6-16-20-7-15(19(27)24(16)21-11)18(26)22-9-13-4-5-14(10-22)23(17(13)25)8-12-2-3-12/h6-7,12-14,21H,2-5,8-10H2,1H3/t13-,14+/m0/s1. The van der Waals surface area contributed by atoms with Crippen LogP contribution in [0.4, 0.5) is 0 Å². The van der Waals surface area contributed by atoms with Gasteiger partial charge in [-0.2, -0.15) is 0 Å². The van der Waals surface area contributed by atoms with Gasteiger partial charge < -0.3 is 9.80 Å². The average molecular weight is 369 g/mol. The highest BCUT2D eigenvalue weighted by Crippen LogP contribution is 2.35. The van der Waals surface area contributed by atoms with Crippen LogP contribution < -0.4 is 5.56 Å². The zero-order valence-corrected chi connectivity index (χ0v) is 15.4. The number of hydrogen-bond acceptors (Lipinski definition) is 4. The molecule has 2 aromatic heterocycles. The first-order valence-electron chi connectivity index (χ1n) is 9.68. The van der Waals surface area contributed by atoms with Crippen molar-refractivity contribution in [3.05, 3.63) is 33.9 Å². The van der Waals surface area contributed by atoms with Crippen LogP contribution in [0, 0.1) is 18.8 Å². The van der Waals surface area contributed by atoms with Gasteiger partial charge in [0, 0.05) is 43.6 Å². The van der Waals surface area contributed by atoms with E-state index in [0.29, 0.717) is 24.7 Å². The van der Waals surface area contributed by atoms with Gasteiger partial charge in [0.1, 0.15) is 5.56 Å². The monoisotopic (exact) mass is 369 g/mol. The predicted molar refractivity (Wildman–Crippen MR) is 97.4 cm³/mol. The number of amides is 2. The number of carbonyl (C=O) groups is 2. The van der Waals surface area contributed by atoms with E-state index in [1.165, 1.54) is 23.6 Å². The van der Waals surface area contributed by atoms with Crippen LogP contribution in [0.5, 0.6) is 0 Å². The van der Waals surface area contributed by atoms with Crippen LogP contribution in [0.2, 0.25) is 0 Å².